The van der Waals surface area contributed by atoms with Crippen LogP contribution in [0.25, 0.3) is 0 Å². The second-order valence-corrected chi connectivity index (χ2v) is 3.77. The van der Waals surface area contributed by atoms with Crippen molar-refractivity contribution in [2.24, 2.45) is 0 Å². The van der Waals surface area contributed by atoms with Gasteiger partial charge in [-0.05, 0) is 12.5 Å². The Kier molecular flexibility index (Phi) is 4.36. The highest BCUT2D eigenvalue weighted by atomic mass is 16.3. The van der Waals surface area contributed by atoms with Gasteiger partial charge in [-0.2, -0.15) is 0 Å². The predicted molar refractivity (Wildman–Crippen MR) is 62.3 cm³/mol. The highest BCUT2D eigenvalue weighted by molar-refractivity contribution is 5.21. The largest absolute Gasteiger partial charge is 0.384 e. The third-order valence-corrected chi connectivity index (χ3v) is 2.31. The number of hydrogen-bond acceptors (Lipinski definition) is 2. The monoisotopic (exact) mass is 203 g/mol. The third kappa shape index (κ3) is 3.75. The number of benzene rings is 1. The molecule has 0 fully saturated rings. The predicted octanol–water partition coefficient (Wildman–Crippen LogP) is 1.51. The lowest BCUT2D eigenvalue weighted by Crippen LogP contribution is -2.35. The molecular weight excluding hydrogens is 186 g/mol. The number of rotatable bonds is 5. The van der Waals surface area contributed by atoms with Crippen molar-refractivity contribution in [2.75, 3.05) is 13.1 Å². The molecule has 1 atom stereocenters. The molecule has 15 heavy (non-hydrogen) atoms. The lowest BCUT2D eigenvalue weighted by atomic mass is 9.96. The topological polar surface area (TPSA) is 32.3 Å². The normalized spacial score (nSPS) is 14.2. The van der Waals surface area contributed by atoms with E-state index in [-0.39, 0.29) is 0 Å². The fraction of sp³-hybridized carbons (Fsp3) is 0.385. The van der Waals surface area contributed by atoms with E-state index in [1.807, 2.05) is 30.3 Å². The van der Waals surface area contributed by atoms with Crippen molar-refractivity contribution in [3.05, 3.63) is 35.9 Å². The maximum absolute atomic E-state index is 10.2. The molecule has 0 aliphatic heterocycles. The maximum Gasteiger partial charge on any atom is 0.0992 e. The summed E-state index contributed by atoms with van der Waals surface area (Å²) in [6.45, 7) is 3.05. The molecule has 0 heterocycles. The molecule has 2 nitrogen and oxygen atoms in total. The van der Waals surface area contributed by atoms with Crippen LogP contribution >= 0.6 is 0 Å². The van der Waals surface area contributed by atoms with Gasteiger partial charge >= 0.3 is 0 Å². The Balaban J connectivity index is 2.49. The van der Waals surface area contributed by atoms with Gasteiger partial charge in [0.1, 0.15) is 0 Å². The molecule has 0 spiro atoms. The van der Waals surface area contributed by atoms with Crippen LogP contribution < -0.4 is 5.32 Å². The van der Waals surface area contributed by atoms with Crippen LogP contribution in [0, 0.1) is 12.3 Å². The summed E-state index contributed by atoms with van der Waals surface area (Å²) in [6, 6.07) is 9.62. The highest BCUT2D eigenvalue weighted by Gasteiger charge is 2.21. The first-order valence-electron chi connectivity index (χ1n) is 5.09. The Hall–Kier alpha value is -1.30. The summed E-state index contributed by atoms with van der Waals surface area (Å²) in [5.41, 5.74) is 0.0776. The van der Waals surface area contributed by atoms with Gasteiger partial charge in [0.2, 0.25) is 0 Å². The molecule has 1 rings (SSSR count). The molecule has 0 radical (unpaired) electrons. The number of terminal acetylenes is 1. The van der Waals surface area contributed by atoms with Crippen LogP contribution in [0.3, 0.4) is 0 Å². The highest BCUT2D eigenvalue weighted by Crippen LogP contribution is 2.18. The molecule has 2 heteroatoms. The first-order valence-corrected chi connectivity index (χ1v) is 5.09. The molecule has 80 valence electrons. The van der Waals surface area contributed by atoms with Gasteiger partial charge in [0, 0.05) is 19.5 Å². The standard InChI is InChI=1S/C13H17NO/c1-3-4-10-14-11-13(2,15)12-8-6-5-7-9-12/h1,5-9,14-15H,4,10-11H2,2H3. The van der Waals surface area contributed by atoms with Crippen LogP contribution in [-0.4, -0.2) is 18.2 Å². The van der Waals surface area contributed by atoms with Crippen molar-refractivity contribution in [3.8, 4) is 12.3 Å². The van der Waals surface area contributed by atoms with Crippen LogP contribution in [0.1, 0.15) is 18.9 Å². The third-order valence-electron chi connectivity index (χ3n) is 2.31. The van der Waals surface area contributed by atoms with Gasteiger partial charge in [-0.25, -0.2) is 0 Å². The second kappa shape index (κ2) is 5.55. The summed E-state index contributed by atoms with van der Waals surface area (Å²) in [4.78, 5) is 0. The average Bonchev–Trinajstić information content (AvgIpc) is 2.26. The van der Waals surface area contributed by atoms with Crippen LogP contribution in [0.5, 0.6) is 0 Å². The molecule has 0 bridgehead atoms. The minimum absolute atomic E-state index is 0.513. The van der Waals surface area contributed by atoms with E-state index in [1.54, 1.807) is 6.92 Å². The van der Waals surface area contributed by atoms with Gasteiger partial charge in [-0.1, -0.05) is 30.3 Å². The van der Waals surface area contributed by atoms with E-state index in [0.717, 1.165) is 12.1 Å². The summed E-state index contributed by atoms with van der Waals surface area (Å²) in [6.07, 6.45) is 5.82. The first-order chi connectivity index (χ1) is 7.17. The summed E-state index contributed by atoms with van der Waals surface area (Å²) in [5.74, 6) is 2.55. The fourth-order valence-electron chi connectivity index (χ4n) is 1.39. The summed E-state index contributed by atoms with van der Waals surface area (Å²) < 4.78 is 0. The van der Waals surface area contributed by atoms with Gasteiger partial charge < -0.3 is 10.4 Å². The zero-order valence-corrected chi connectivity index (χ0v) is 9.03. The van der Waals surface area contributed by atoms with Crippen molar-refractivity contribution < 1.29 is 5.11 Å². The quantitative estimate of drug-likeness (QED) is 0.561. The minimum Gasteiger partial charge on any atom is -0.384 e. The molecular formula is C13H17NO. The molecule has 2 N–H and O–H groups in total. The Morgan fingerprint density at radius 2 is 2.07 bits per heavy atom. The van der Waals surface area contributed by atoms with Crippen LogP contribution in [0.4, 0.5) is 0 Å². The SMILES string of the molecule is C#CCCNCC(C)(O)c1ccccc1. The van der Waals surface area contributed by atoms with Crippen LogP contribution in [-0.2, 0) is 5.60 Å². The number of hydrogen-bond donors (Lipinski definition) is 2. The van der Waals surface area contributed by atoms with Gasteiger partial charge in [0.15, 0.2) is 0 Å². The molecule has 1 aromatic rings. The van der Waals surface area contributed by atoms with E-state index >= 15 is 0 Å². The van der Waals surface area contributed by atoms with Crippen molar-refractivity contribution in [1.82, 2.24) is 5.32 Å². The molecule has 0 saturated heterocycles. The van der Waals surface area contributed by atoms with Gasteiger partial charge in [0.05, 0.1) is 5.60 Å². The molecule has 0 amide bonds. The average molecular weight is 203 g/mol. The Morgan fingerprint density at radius 3 is 2.67 bits per heavy atom. The van der Waals surface area contributed by atoms with Crippen LogP contribution in [0.2, 0.25) is 0 Å². The zero-order valence-electron chi connectivity index (χ0n) is 9.03. The lowest BCUT2D eigenvalue weighted by molar-refractivity contribution is 0.0574. The van der Waals surface area contributed by atoms with Gasteiger partial charge in [0.25, 0.3) is 0 Å². The van der Waals surface area contributed by atoms with E-state index in [9.17, 15) is 5.11 Å². The molecule has 1 unspecified atom stereocenters. The summed E-state index contributed by atoms with van der Waals surface area (Å²) >= 11 is 0. The molecule has 1 aromatic carbocycles. The molecule has 0 aliphatic carbocycles. The lowest BCUT2D eigenvalue weighted by Gasteiger charge is -2.24. The Bertz CT molecular complexity index is 324. The van der Waals surface area contributed by atoms with E-state index in [1.165, 1.54) is 0 Å². The summed E-state index contributed by atoms with van der Waals surface area (Å²) in [7, 11) is 0. The van der Waals surface area contributed by atoms with E-state index in [4.69, 9.17) is 6.42 Å². The van der Waals surface area contributed by atoms with Crippen molar-refractivity contribution in [1.29, 1.82) is 0 Å². The van der Waals surface area contributed by atoms with Crippen molar-refractivity contribution >= 4 is 0 Å². The molecule has 0 saturated carbocycles. The fourth-order valence-corrected chi connectivity index (χ4v) is 1.39. The summed E-state index contributed by atoms with van der Waals surface area (Å²) in [5, 5.41) is 13.3. The van der Waals surface area contributed by atoms with E-state index < -0.39 is 5.60 Å². The van der Waals surface area contributed by atoms with Crippen LogP contribution in [0.15, 0.2) is 30.3 Å². The number of aliphatic hydroxyl groups is 1. The van der Waals surface area contributed by atoms with Crippen molar-refractivity contribution in [3.63, 3.8) is 0 Å². The van der Waals surface area contributed by atoms with E-state index in [0.29, 0.717) is 13.0 Å². The smallest absolute Gasteiger partial charge is 0.0992 e. The van der Waals surface area contributed by atoms with Gasteiger partial charge in [-0.15, -0.1) is 12.3 Å². The van der Waals surface area contributed by atoms with Gasteiger partial charge in [-0.3, -0.25) is 0 Å². The van der Waals surface area contributed by atoms with E-state index in [2.05, 4.69) is 11.2 Å². The maximum atomic E-state index is 10.2. The molecule has 0 aromatic heterocycles. The number of nitrogens with one attached hydrogen (secondary N) is 1. The second-order valence-electron chi connectivity index (χ2n) is 3.77. The Morgan fingerprint density at radius 1 is 1.40 bits per heavy atom. The van der Waals surface area contributed by atoms with Crippen molar-refractivity contribution in [2.45, 2.75) is 18.9 Å². The first kappa shape index (κ1) is 11.8. The minimum atomic E-state index is -0.837. The molecule has 0 aliphatic rings. The zero-order chi connectivity index (χ0) is 11.1. The Labute approximate surface area is 91.3 Å².